The summed E-state index contributed by atoms with van der Waals surface area (Å²) in [4.78, 5) is 13.1. The molecule has 7 aliphatic rings. The van der Waals surface area contributed by atoms with Crippen LogP contribution in [0, 0.1) is 58.2 Å². The van der Waals surface area contributed by atoms with Gasteiger partial charge in [-0.2, -0.15) is 0 Å². The highest BCUT2D eigenvalue weighted by Crippen LogP contribution is 2.69. The predicted octanol–water partition coefficient (Wildman–Crippen LogP) is 1.12. The van der Waals surface area contributed by atoms with E-state index >= 15 is 0 Å². The lowest BCUT2D eigenvalue weighted by molar-refractivity contribution is -0.371. The first-order chi connectivity index (χ1) is 31.5. The number of aliphatic hydroxyl groups excluding tert-OH is 10. The van der Waals surface area contributed by atoms with Crippen LogP contribution < -0.4 is 0 Å². The van der Waals surface area contributed by atoms with Crippen molar-refractivity contribution in [3.8, 4) is 0 Å². The summed E-state index contributed by atoms with van der Waals surface area (Å²) in [7, 11) is 0. The molecule has 0 amide bonds. The maximum atomic E-state index is 13.1. The summed E-state index contributed by atoms with van der Waals surface area (Å²) < 4.78 is 43.7. The Morgan fingerprint density at radius 2 is 1.27 bits per heavy atom. The molecule has 0 unspecified atom stereocenters. The standard InChI is InChI=1S/C49H84O18/c1-10-27(20(2)3)30(52)17-21(4)32-42(63-24(7)51)43(66-45-40(59)37(56)34(53)22(5)61-45)33-28-12-11-25-18-26(13-15-48(25,8)29(28)14-16-49(32,33)9)64-47-44(39(58)36(55)31(19-50)65-47)67-46-41(60)38(57)35(54)23(6)62-46/h20-23,25-47,50,52-60H,10-19H2,1-9H3/t21-,22+,23+,25+,26+,27-,28-,29+,30-,31+,32+,33-,34+,35+,36+,37-,38-,39-,40-,41-,42-,43+,44+,45+,46+,47+,48+,49-/m1/s1. The molecule has 0 radical (unpaired) electrons. The zero-order valence-corrected chi connectivity index (χ0v) is 40.9. The Kier molecular flexibility index (Phi) is 16.9. The van der Waals surface area contributed by atoms with Gasteiger partial charge in [0.2, 0.25) is 0 Å². The Morgan fingerprint density at radius 1 is 0.687 bits per heavy atom. The van der Waals surface area contributed by atoms with Crippen LogP contribution in [0.2, 0.25) is 0 Å². The van der Waals surface area contributed by atoms with E-state index in [-0.39, 0.29) is 58.9 Å². The Hall–Kier alpha value is -1.17. The van der Waals surface area contributed by atoms with E-state index in [1.165, 1.54) is 13.8 Å². The van der Waals surface area contributed by atoms with Crippen molar-refractivity contribution in [2.24, 2.45) is 58.2 Å². The van der Waals surface area contributed by atoms with Crippen LogP contribution in [0.25, 0.3) is 0 Å². The lowest BCUT2D eigenvalue weighted by Gasteiger charge is -2.61. The Labute approximate surface area is 395 Å². The number of fused-ring (bicyclic) bond motifs is 5. The molecule has 388 valence electrons. The average molecular weight is 961 g/mol. The topological polar surface area (TPSA) is 284 Å². The number of carbonyl (C=O) groups excluding carboxylic acids is 1. The van der Waals surface area contributed by atoms with Gasteiger partial charge in [0.05, 0.1) is 31.0 Å². The Bertz CT molecular complexity index is 1640. The summed E-state index contributed by atoms with van der Waals surface area (Å²) in [6.07, 6.45) is -16.6. The van der Waals surface area contributed by atoms with Crippen molar-refractivity contribution in [2.75, 3.05) is 6.61 Å². The van der Waals surface area contributed by atoms with E-state index in [4.69, 9.17) is 33.2 Å². The molecule has 0 aromatic heterocycles. The second-order valence-electron chi connectivity index (χ2n) is 22.6. The molecule has 0 aromatic rings. The zero-order valence-electron chi connectivity index (χ0n) is 40.9. The summed E-state index contributed by atoms with van der Waals surface area (Å²) in [6, 6.07) is 0. The summed E-state index contributed by atoms with van der Waals surface area (Å²) >= 11 is 0. The van der Waals surface area contributed by atoms with Crippen LogP contribution in [-0.4, -0.2) is 180 Å². The molecule has 18 heteroatoms. The van der Waals surface area contributed by atoms with E-state index in [0.29, 0.717) is 19.3 Å². The van der Waals surface area contributed by atoms with Crippen molar-refractivity contribution in [2.45, 2.75) is 237 Å². The molecule has 3 saturated heterocycles. The smallest absolute Gasteiger partial charge is 0.303 e. The molecule has 0 bridgehead atoms. The summed E-state index contributed by atoms with van der Waals surface area (Å²) in [5.74, 6) is -0.143. The van der Waals surface area contributed by atoms with Gasteiger partial charge in [0.1, 0.15) is 73.2 Å². The Morgan fingerprint density at radius 3 is 1.82 bits per heavy atom. The minimum absolute atomic E-state index is 0.0828. The quantitative estimate of drug-likeness (QED) is 0.0863. The van der Waals surface area contributed by atoms with Crippen molar-refractivity contribution < 1.29 is 89.0 Å². The molecule has 10 N–H and O–H groups in total. The van der Waals surface area contributed by atoms with Crippen molar-refractivity contribution in [1.82, 2.24) is 0 Å². The van der Waals surface area contributed by atoms with Crippen LogP contribution >= 0.6 is 0 Å². The molecule has 3 aliphatic heterocycles. The van der Waals surface area contributed by atoms with E-state index in [0.717, 1.165) is 38.5 Å². The normalized spacial score (nSPS) is 51.6. The lowest BCUT2D eigenvalue weighted by Crippen LogP contribution is -2.64. The van der Waals surface area contributed by atoms with Gasteiger partial charge < -0.3 is 84.2 Å². The third-order valence-electron chi connectivity index (χ3n) is 18.4. The Balaban J connectivity index is 1.15. The zero-order chi connectivity index (χ0) is 49.2. The fourth-order valence-corrected chi connectivity index (χ4v) is 14.8. The van der Waals surface area contributed by atoms with Gasteiger partial charge in [0.15, 0.2) is 18.9 Å². The van der Waals surface area contributed by atoms with Gasteiger partial charge in [-0.25, -0.2) is 0 Å². The second kappa shape index (κ2) is 21.1. The molecule has 3 heterocycles. The van der Waals surface area contributed by atoms with Crippen LogP contribution in [0.5, 0.6) is 0 Å². The molecule has 67 heavy (non-hydrogen) atoms. The van der Waals surface area contributed by atoms with Gasteiger partial charge in [-0.3, -0.25) is 4.79 Å². The van der Waals surface area contributed by atoms with Crippen molar-refractivity contribution in [3.05, 3.63) is 0 Å². The molecule has 7 rings (SSSR count). The van der Waals surface area contributed by atoms with Crippen LogP contribution in [0.4, 0.5) is 0 Å². The third kappa shape index (κ3) is 10.0. The number of hydrogen-bond donors (Lipinski definition) is 10. The number of carbonyl (C=O) groups is 1. The highest BCUT2D eigenvalue weighted by molar-refractivity contribution is 5.66. The van der Waals surface area contributed by atoms with E-state index in [1.807, 2.05) is 0 Å². The van der Waals surface area contributed by atoms with E-state index < -0.39 is 128 Å². The lowest BCUT2D eigenvalue weighted by atomic mass is 9.44. The average Bonchev–Trinajstić information content (AvgIpc) is 3.51. The number of esters is 1. The molecule has 0 spiro atoms. The number of aliphatic hydroxyl groups is 10. The van der Waals surface area contributed by atoms with Crippen LogP contribution in [0.1, 0.15) is 120 Å². The van der Waals surface area contributed by atoms with Gasteiger partial charge in [-0.05, 0) is 117 Å². The van der Waals surface area contributed by atoms with E-state index in [1.54, 1.807) is 6.92 Å². The minimum Gasteiger partial charge on any atom is -0.459 e. The van der Waals surface area contributed by atoms with Crippen molar-refractivity contribution in [3.63, 3.8) is 0 Å². The van der Waals surface area contributed by atoms with Gasteiger partial charge in [0, 0.05) is 12.8 Å². The first-order valence-electron chi connectivity index (χ1n) is 25.3. The molecule has 0 aromatic carbocycles. The van der Waals surface area contributed by atoms with Gasteiger partial charge in [-0.15, -0.1) is 0 Å². The molecule has 4 aliphatic carbocycles. The van der Waals surface area contributed by atoms with Crippen LogP contribution in [0.15, 0.2) is 0 Å². The summed E-state index contributed by atoms with van der Waals surface area (Å²) in [5, 5.41) is 108. The molecule has 7 fully saturated rings. The maximum Gasteiger partial charge on any atom is 0.303 e. The molecule has 4 saturated carbocycles. The van der Waals surface area contributed by atoms with E-state index in [2.05, 4.69) is 41.5 Å². The number of rotatable bonds is 14. The number of ether oxygens (including phenoxy) is 7. The fourth-order valence-electron chi connectivity index (χ4n) is 14.8. The summed E-state index contributed by atoms with van der Waals surface area (Å²) in [5.41, 5.74) is -0.604. The fraction of sp³-hybridized carbons (Fsp3) is 0.980. The summed E-state index contributed by atoms with van der Waals surface area (Å²) in [6.45, 7) is 17.0. The van der Waals surface area contributed by atoms with Gasteiger partial charge >= 0.3 is 5.97 Å². The highest BCUT2D eigenvalue weighted by atomic mass is 16.8. The van der Waals surface area contributed by atoms with Gasteiger partial charge in [-0.1, -0.05) is 48.0 Å². The SMILES string of the molecule is CC[C@H](C(C)C)[C@H](O)C[C@@H](C)[C@H]1[C@@H](OC(C)=O)[C@@H](O[C@@H]2O[C@@H](C)[C@H](O)[C@@H](O)[C@H]2O)[C@H]2[C@@H]3CC[C@H]4C[C@@H](O[C@H]5O[C@@H](CO)[C@H](O)[C@@H](O)[C@@H]5O[C@@H]5O[C@@H](C)[C@H](O)[C@@H](O)[C@H]5O)CC[C@]4(C)[C@H]3CC[C@@]21C. The first kappa shape index (κ1) is 53.6. The minimum atomic E-state index is -1.68. The monoisotopic (exact) mass is 961 g/mol. The van der Waals surface area contributed by atoms with Crippen molar-refractivity contribution in [1.29, 1.82) is 0 Å². The predicted molar refractivity (Wildman–Crippen MR) is 237 cm³/mol. The third-order valence-corrected chi connectivity index (χ3v) is 18.4. The van der Waals surface area contributed by atoms with Crippen LogP contribution in [0.3, 0.4) is 0 Å². The van der Waals surface area contributed by atoms with Crippen LogP contribution in [-0.2, 0) is 38.0 Å². The first-order valence-corrected chi connectivity index (χ1v) is 25.3. The molecule has 28 atom stereocenters. The van der Waals surface area contributed by atoms with Gasteiger partial charge in [0.25, 0.3) is 0 Å². The largest absolute Gasteiger partial charge is 0.459 e. The highest BCUT2D eigenvalue weighted by Gasteiger charge is 2.69. The molecular formula is C49H84O18. The molecular weight excluding hydrogens is 877 g/mol. The second-order valence-corrected chi connectivity index (χ2v) is 22.6. The maximum absolute atomic E-state index is 13.1. The van der Waals surface area contributed by atoms with E-state index in [9.17, 15) is 55.9 Å². The van der Waals surface area contributed by atoms with Crippen molar-refractivity contribution >= 4 is 5.97 Å². The molecule has 18 nitrogen and oxygen atoms in total. The number of hydrogen-bond acceptors (Lipinski definition) is 18.